The Hall–Kier alpha value is -2.80. The van der Waals surface area contributed by atoms with Crippen molar-refractivity contribution in [3.8, 4) is 0 Å². The summed E-state index contributed by atoms with van der Waals surface area (Å²) in [4.78, 5) is 43.7. The summed E-state index contributed by atoms with van der Waals surface area (Å²) in [5.41, 5.74) is 0.595. The van der Waals surface area contributed by atoms with Gasteiger partial charge in [0, 0.05) is 51.2 Å². The number of para-hydroxylation sites is 1. The largest absolute Gasteiger partial charge is 0.367 e. The van der Waals surface area contributed by atoms with Crippen LogP contribution in [0.15, 0.2) is 41.5 Å². The fourth-order valence-electron chi connectivity index (χ4n) is 4.92. The average Bonchev–Trinajstić information content (AvgIpc) is 2.88. The summed E-state index contributed by atoms with van der Waals surface area (Å²) in [5, 5.41) is 3.53. The van der Waals surface area contributed by atoms with Crippen molar-refractivity contribution in [2.24, 2.45) is 5.92 Å². The Balaban J connectivity index is 1.58. The van der Waals surface area contributed by atoms with Crippen LogP contribution in [0.5, 0.6) is 0 Å². The maximum Gasteiger partial charge on any atom is 0.259 e. The summed E-state index contributed by atoms with van der Waals surface area (Å²) in [7, 11) is 0. The van der Waals surface area contributed by atoms with Gasteiger partial charge in [0.15, 0.2) is 0 Å². The van der Waals surface area contributed by atoms with Gasteiger partial charge in [-0.1, -0.05) is 56.8 Å². The number of hydrogen-bond donors (Lipinski definition) is 1. The Kier molecular flexibility index (Phi) is 8.16. The Bertz CT molecular complexity index is 1120. The van der Waals surface area contributed by atoms with Crippen molar-refractivity contribution in [2.75, 3.05) is 37.6 Å². The summed E-state index contributed by atoms with van der Waals surface area (Å²) in [5.74, 6) is -0.456. The molecule has 2 heterocycles. The lowest BCUT2D eigenvalue weighted by molar-refractivity contribution is 0.0744. The third kappa shape index (κ3) is 5.89. The molecule has 4 rings (SSSR count). The number of benzene rings is 1. The summed E-state index contributed by atoms with van der Waals surface area (Å²) < 4.78 is 1.94. The van der Waals surface area contributed by atoms with E-state index in [1.165, 1.54) is 6.42 Å². The van der Waals surface area contributed by atoms with Crippen LogP contribution < -0.4 is 15.6 Å². The van der Waals surface area contributed by atoms with Crippen LogP contribution in [0.2, 0.25) is 5.02 Å². The van der Waals surface area contributed by atoms with Crippen molar-refractivity contribution in [1.82, 2.24) is 14.8 Å². The van der Waals surface area contributed by atoms with Crippen LogP contribution in [0.1, 0.15) is 72.7 Å². The van der Waals surface area contributed by atoms with E-state index in [0.717, 1.165) is 31.4 Å². The number of nitrogens with one attached hydrogen (secondary N) is 1. The minimum Gasteiger partial charge on any atom is -0.367 e. The molecule has 0 atom stereocenters. The second kappa shape index (κ2) is 11.3. The number of halogens is 1. The smallest absolute Gasteiger partial charge is 0.259 e. The number of rotatable bonds is 6. The van der Waals surface area contributed by atoms with Crippen LogP contribution in [-0.2, 0) is 0 Å². The number of aromatic nitrogens is 1. The monoisotopic (exact) mass is 498 g/mol. The van der Waals surface area contributed by atoms with Gasteiger partial charge in [0.05, 0.1) is 10.7 Å². The van der Waals surface area contributed by atoms with E-state index in [9.17, 15) is 14.4 Å². The third-order valence-electron chi connectivity index (χ3n) is 6.95. The van der Waals surface area contributed by atoms with Crippen LogP contribution in [0.3, 0.4) is 0 Å². The average molecular weight is 499 g/mol. The molecule has 2 aliphatic rings. The SMILES string of the molecule is CC(C)CNC(=O)c1cn(C2CCCCC2)cc(C(=O)N2CCN(c3ccccc3Cl)CC2)c1=O. The fraction of sp³-hybridized carbons (Fsp3) is 0.519. The summed E-state index contributed by atoms with van der Waals surface area (Å²) in [6.45, 7) is 6.70. The highest BCUT2D eigenvalue weighted by atomic mass is 35.5. The molecule has 35 heavy (non-hydrogen) atoms. The molecule has 188 valence electrons. The van der Waals surface area contributed by atoms with Crippen molar-refractivity contribution in [3.63, 3.8) is 0 Å². The molecule has 2 aromatic rings. The number of hydrogen-bond acceptors (Lipinski definition) is 4. The predicted octanol–water partition coefficient (Wildman–Crippen LogP) is 4.36. The number of piperazine rings is 1. The Labute approximate surface area is 212 Å². The highest BCUT2D eigenvalue weighted by molar-refractivity contribution is 6.33. The Morgan fingerprint density at radius 2 is 1.66 bits per heavy atom. The maximum atomic E-state index is 13.5. The maximum absolute atomic E-state index is 13.5. The van der Waals surface area contributed by atoms with E-state index in [1.54, 1.807) is 17.3 Å². The van der Waals surface area contributed by atoms with E-state index in [-0.39, 0.29) is 29.0 Å². The molecule has 0 unspecified atom stereocenters. The molecular formula is C27H35ClN4O3. The van der Waals surface area contributed by atoms with Gasteiger partial charge in [0.25, 0.3) is 11.8 Å². The molecule has 0 spiro atoms. The fourth-order valence-corrected chi connectivity index (χ4v) is 5.18. The van der Waals surface area contributed by atoms with E-state index in [4.69, 9.17) is 11.6 Å². The zero-order valence-corrected chi connectivity index (χ0v) is 21.4. The molecule has 1 saturated carbocycles. The van der Waals surface area contributed by atoms with E-state index < -0.39 is 11.3 Å². The summed E-state index contributed by atoms with van der Waals surface area (Å²) in [6, 6.07) is 7.87. The molecule has 1 aliphatic heterocycles. The topological polar surface area (TPSA) is 74.7 Å². The van der Waals surface area contributed by atoms with Gasteiger partial charge in [-0.15, -0.1) is 0 Å². The molecule has 2 amide bonds. The lowest BCUT2D eigenvalue weighted by atomic mass is 9.95. The molecule has 1 aliphatic carbocycles. The molecule has 2 fully saturated rings. The van der Waals surface area contributed by atoms with Crippen LogP contribution in [-0.4, -0.2) is 54.0 Å². The normalized spacial score (nSPS) is 17.0. The van der Waals surface area contributed by atoms with Crippen molar-refractivity contribution >= 4 is 29.1 Å². The molecule has 1 N–H and O–H groups in total. The van der Waals surface area contributed by atoms with Crippen LogP contribution in [0.25, 0.3) is 0 Å². The molecule has 8 heteroatoms. The van der Waals surface area contributed by atoms with Gasteiger partial charge in [-0.3, -0.25) is 14.4 Å². The molecule has 1 aromatic carbocycles. The van der Waals surface area contributed by atoms with Crippen molar-refractivity contribution in [2.45, 2.75) is 52.0 Å². The van der Waals surface area contributed by atoms with E-state index in [2.05, 4.69) is 10.2 Å². The minimum absolute atomic E-state index is 0.0526. The Morgan fingerprint density at radius 1 is 1.00 bits per heavy atom. The van der Waals surface area contributed by atoms with Crippen molar-refractivity contribution in [3.05, 3.63) is 63.0 Å². The molecule has 1 aromatic heterocycles. The first-order chi connectivity index (χ1) is 16.8. The van der Waals surface area contributed by atoms with Gasteiger partial charge in [0.2, 0.25) is 5.43 Å². The predicted molar refractivity (Wildman–Crippen MR) is 140 cm³/mol. The van der Waals surface area contributed by atoms with Crippen molar-refractivity contribution in [1.29, 1.82) is 0 Å². The second-order valence-electron chi connectivity index (χ2n) is 9.99. The van der Waals surface area contributed by atoms with Gasteiger partial charge >= 0.3 is 0 Å². The van der Waals surface area contributed by atoms with E-state index in [0.29, 0.717) is 37.7 Å². The highest BCUT2D eigenvalue weighted by Gasteiger charge is 2.28. The zero-order chi connectivity index (χ0) is 24.9. The standard InChI is InChI=1S/C27H35ClN4O3/c1-19(2)16-29-26(34)21-17-32(20-8-4-3-5-9-20)18-22(25(21)33)27(35)31-14-12-30(13-15-31)24-11-7-6-10-23(24)28/h6-7,10-11,17-20H,3-5,8-9,12-16H2,1-2H3,(H,29,34). The van der Waals surface area contributed by atoms with Gasteiger partial charge in [-0.05, 0) is 30.9 Å². The lowest BCUT2D eigenvalue weighted by Gasteiger charge is -2.36. The molecule has 0 radical (unpaired) electrons. The first kappa shape index (κ1) is 25.3. The third-order valence-corrected chi connectivity index (χ3v) is 7.27. The molecule has 1 saturated heterocycles. The van der Waals surface area contributed by atoms with Gasteiger partial charge in [0.1, 0.15) is 11.1 Å². The van der Waals surface area contributed by atoms with Crippen LogP contribution >= 0.6 is 11.6 Å². The first-order valence-electron chi connectivity index (χ1n) is 12.7. The minimum atomic E-state index is -0.489. The molecule has 7 nitrogen and oxygen atoms in total. The van der Waals surface area contributed by atoms with Gasteiger partial charge < -0.3 is 19.7 Å². The summed E-state index contributed by atoms with van der Waals surface area (Å²) >= 11 is 6.35. The summed E-state index contributed by atoms with van der Waals surface area (Å²) in [6.07, 6.45) is 8.72. The number of carbonyl (C=O) groups excluding carboxylic acids is 2. The Morgan fingerprint density at radius 3 is 2.31 bits per heavy atom. The van der Waals surface area contributed by atoms with Gasteiger partial charge in [-0.2, -0.15) is 0 Å². The molecule has 0 bridgehead atoms. The van der Waals surface area contributed by atoms with Crippen LogP contribution in [0, 0.1) is 5.92 Å². The highest BCUT2D eigenvalue weighted by Crippen LogP contribution is 2.29. The van der Waals surface area contributed by atoms with Crippen molar-refractivity contribution < 1.29 is 9.59 Å². The number of carbonyl (C=O) groups is 2. The zero-order valence-electron chi connectivity index (χ0n) is 20.6. The molecular weight excluding hydrogens is 464 g/mol. The van der Waals surface area contributed by atoms with Gasteiger partial charge in [-0.25, -0.2) is 0 Å². The number of amides is 2. The number of anilines is 1. The van der Waals surface area contributed by atoms with E-state index >= 15 is 0 Å². The lowest BCUT2D eigenvalue weighted by Crippen LogP contribution is -2.50. The second-order valence-corrected chi connectivity index (χ2v) is 10.4. The number of nitrogens with zero attached hydrogens (tertiary/aromatic N) is 3. The quantitative estimate of drug-likeness (QED) is 0.642. The number of pyridine rings is 1. The van der Waals surface area contributed by atoms with E-state index in [1.807, 2.05) is 42.7 Å². The van der Waals surface area contributed by atoms with Crippen LogP contribution in [0.4, 0.5) is 5.69 Å². The first-order valence-corrected chi connectivity index (χ1v) is 13.1.